The summed E-state index contributed by atoms with van der Waals surface area (Å²) in [6, 6.07) is 14.9. The predicted molar refractivity (Wildman–Crippen MR) is 118 cm³/mol. The molecule has 0 aliphatic carbocycles. The second kappa shape index (κ2) is 9.09. The topological polar surface area (TPSA) is 93.3 Å². The van der Waals surface area contributed by atoms with Gasteiger partial charge < -0.3 is 9.88 Å². The second-order valence-corrected chi connectivity index (χ2v) is 7.94. The van der Waals surface area contributed by atoms with Crippen LogP contribution in [0.5, 0.6) is 0 Å². The van der Waals surface area contributed by atoms with Crippen molar-refractivity contribution in [2.75, 3.05) is 25.0 Å². The molecule has 0 radical (unpaired) electrons. The van der Waals surface area contributed by atoms with Gasteiger partial charge in [-0.15, -0.1) is 0 Å². The molecule has 2 heterocycles. The van der Waals surface area contributed by atoms with Crippen LogP contribution in [0.15, 0.2) is 60.9 Å². The summed E-state index contributed by atoms with van der Waals surface area (Å²) >= 11 is 0. The van der Waals surface area contributed by atoms with E-state index in [0.717, 1.165) is 26.1 Å². The Bertz CT molecular complexity index is 1080. The number of nitrogens with zero attached hydrogens (tertiary/aromatic N) is 4. The highest BCUT2D eigenvalue weighted by molar-refractivity contribution is 6.07. The van der Waals surface area contributed by atoms with Crippen LogP contribution in [-0.2, 0) is 13.6 Å². The normalized spacial score (nSPS) is 16.4. The molecule has 1 fully saturated rings. The monoisotopic (exact) mass is 419 g/mol. The van der Waals surface area contributed by atoms with Crippen molar-refractivity contribution in [2.24, 2.45) is 13.0 Å². The number of hydrogen-bond acceptors (Lipinski definition) is 6. The highest BCUT2D eigenvalue weighted by atomic mass is 16.6. The van der Waals surface area contributed by atoms with E-state index in [4.69, 9.17) is 0 Å². The van der Waals surface area contributed by atoms with E-state index in [1.165, 1.54) is 17.8 Å². The van der Waals surface area contributed by atoms with Gasteiger partial charge in [-0.3, -0.25) is 19.8 Å². The molecule has 3 aromatic rings. The van der Waals surface area contributed by atoms with Crippen LogP contribution in [-0.4, -0.2) is 44.8 Å². The molecule has 1 unspecified atom stereocenters. The lowest BCUT2D eigenvalue weighted by molar-refractivity contribution is -0.384. The van der Waals surface area contributed by atoms with Crippen molar-refractivity contribution in [1.82, 2.24) is 14.5 Å². The molecule has 1 aromatic heterocycles. The lowest BCUT2D eigenvalue weighted by Crippen LogP contribution is -2.22. The summed E-state index contributed by atoms with van der Waals surface area (Å²) in [7, 11) is 1.72. The van der Waals surface area contributed by atoms with Crippen molar-refractivity contribution in [3.63, 3.8) is 0 Å². The van der Waals surface area contributed by atoms with E-state index in [2.05, 4.69) is 27.3 Å². The Kier molecular flexibility index (Phi) is 6.08. The number of likely N-dealkylation sites (tertiary alicyclic amines) is 1. The van der Waals surface area contributed by atoms with E-state index in [9.17, 15) is 14.9 Å². The zero-order chi connectivity index (χ0) is 21.8. The summed E-state index contributed by atoms with van der Waals surface area (Å²) in [5.41, 5.74) is 1.88. The Morgan fingerprint density at radius 3 is 2.77 bits per heavy atom. The molecule has 1 aliphatic heterocycles. The van der Waals surface area contributed by atoms with Gasteiger partial charge in [0.05, 0.1) is 4.92 Å². The number of ketones is 1. The van der Waals surface area contributed by atoms with Crippen LogP contribution >= 0.6 is 0 Å². The zero-order valence-corrected chi connectivity index (χ0v) is 17.4. The highest BCUT2D eigenvalue weighted by Gasteiger charge is 2.24. The number of nitro groups is 1. The number of imidazole rings is 1. The van der Waals surface area contributed by atoms with Crippen LogP contribution in [0.3, 0.4) is 0 Å². The van der Waals surface area contributed by atoms with E-state index in [-0.39, 0.29) is 22.9 Å². The standard InChI is InChI=1S/C23H25N5O3/c1-26-12-10-24-23(26)22(29)19-7-8-20(21(13-19)28(30)31)25-14-18-9-11-27(16-18)15-17-5-3-2-4-6-17/h2-8,10,12-13,18,25H,9,11,14-16H2,1H3. The summed E-state index contributed by atoms with van der Waals surface area (Å²) in [6.07, 6.45) is 4.24. The predicted octanol–water partition coefficient (Wildman–Crippen LogP) is 3.49. The van der Waals surface area contributed by atoms with Gasteiger partial charge in [0.25, 0.3) is 5.69 Å². The molecule has 1 atom stereocenters. The third-order valence-electron chi connectivity index (χ3n) is 5.68. The maximum absolute atomic E-state index is 12.6. The molecule has 8 heteroatoms. The summed E-state index contributed by atoms with van der Waals surface area (Å²) in [6.45, 7) is 3.53. The first kappa shape index (κ1) is 20.7. The van der Waals surface area contributed by atoms with Crippen LogP contribution < -0.4 is 5.32 Å². The van der Waals surface area contributed by atoms with Crippen molar-refractivity contribution in [1.29, 1.82) is 0 Å². The van der Waals surface area contributed by atoms with E-state index >= 15 is 0 Å². The van der Waals surface area contributed by atoms with Gasteiger partial charge in [0.1, 0.15) is 5.69 Å². The summed E-state index contributed by atoms with van der Waals surface area (Å²) in [5.74, 6) is 0.325. The van der Waals surface area contributed by atoms with Crippen LogP contribution in [0, 0.1) is 16.0 Å². The number of hydrogen-bond donors (Lipinski definition) is 1. The number of rotatable bonds is 8. The minimum absolute atomic E-state index is 0.0980. The fourth-order valence-electron chi connectivity index (χ4n) is 4.01. The average molecular weight is 419 g/mol. The number of carbonyl (C=O) groups excluding carboxylic acids is 1. The molecular formula is C23H25N5O3. The molecule has 1 N–H and O–H groups in total. The molecule has 0 spiro atoms. The summed E-state index contributed by atoms with van der Waals surface area (Å²) < 4.78 is 1.60. The van der Waals surface area contributed by atoms with Crippen molar-refractivity contribution in [3.05, 3.63) is 88.0 Å². The number of anilines is 1. The summed E-state index contributed by atoms with van der Waals surface area (Å²) in [5, 5.41) is 14.9. The third kappa shape index (κ3) is 4.80. The maximum atomic E-state index is 12.6. The number of aryl methyl sites for hydroxylation is 1. The first-order valence-electron chi connectivity index (χ1n) is 10.3. The van der Waals surface area contributed by atoms with E-state index < -0.39 is 4.92 Å². The molecule has 160 valence electrons. The summed E-state index contributed by atoms with van der Waals surface area (Å²) in [4.78, 5) is 30.3. The minimum atomic E-state index is -0.451. The number of carbonyl (C=O) groups is 1. The lowest BCUT2D eigenvalue weighted by atomic mass is 10.1. The van der Waals surface area contributed by atoms with E-state index in [0.29, 0.717) is 18.2 Å². The van der Waals surface area contributed by atoms with E-state index in [1.807, 2.05) is 18.2 Å². The van der Waals surface area contributed by atoms with Crippen molar-refractivity contribution >= 4 is 17.2 Å². The molecule has 0 bridgehead atoms. The number of aromatic nitrogens is 2. The minimum Gasteiger partial charge on any atom is -0.379 e. The highest BCUT2D eigenvalue weighted by Crippen LogP contribution is 2.28. The Morgan fingerprint density at radius 1 is 1.26 bits per heavy atom. The van der Waals surface area contributed by atoms with Crippen LogP contribution in [0.4, 0.5) is 11.4 Å². The Balaban J connectivity index is 1.40. The first-order chi connectivity index (χ1) is 15.0. The number of nitrogens with one attached hydrogen (secondary N) is 1. The van der Waals surface area contributed by atoms with Crippen molar-refractivity contribution in [2.45, 2.75) is 13.0 Å². The molecule has 0 amide bonds. The molecule has 31 heavy (non-hydrogen) atoms. The second-order valence-electron chi connectivity index (χ2n) is 7.94. The van der Waals surface area contributed by atoms with Gasteiger partial charge in [-0.25, -0.2) is 4.98 Å². The lowest BCUT2D eigenvalue weighted by Gasteiger charge is -2.17. The molecule has 8 nitrogen and oxygen atoms in total. The molecule has 1 saturated heterocycles. The van der Waals surface area contributed by atoms with Gasteiger partial charge in [0.15, 0.2) is 5.82 Å². The molecule has 2 aromatic carbocycles. The largest absolute Gasteiger partial charge is 0.379 e. The maximum Gasteiger partial charge on any atom is 0.293 e. The molecule has 4 rings (SSSR count). The molecule has 1 aliphatic rings. The van der Waals surface area contributed by atoms with Gasteiger partial charge in [0.2, 0.25) is 5.78 Å². The Morgan fingerprint density at radius 2 is 2.06 bits per heavy atom. The third-order valence-corrected chi connectivity index (χ3v) is 5.68. The van der Waals surface area contributed by atoms with Gasteiger partial charge in [-0.1, -0.05) is 30.3 Å². The Hall–Kier alpha value is -3.52. The van der Waals surface area contributed by atoms with E-state index in [1.54, 1.807) is 29.9 Å². The first-order valence-corrected chi connectivity index (χ1v) is 10.3. The van der Waals surface area contributed by atoms with Crippen LogP contribution in [0.2, 0.25) is 0 Å². The fraction of sp³-hybridized carbons (Fsp3) is 0.304. The fourth-order valence-corrected chi connectivity index (χ4v) is 4.01. The van der Waals surface area contributed by atoms with Crippen molar-refractivity contribution in [3.8, 4) is 0 Å². The van der Waals surface area contributed by atoms with Gasteiger partial charge in [-0.05, 0) is 36.6 Å². The Labute approximate surface area is 180 Å². The van der Waals surface area contributed by atoms with Gasteiger partial charge >= 0.3 is 0 Å². The number of benzene rings is 2. The average Bonchev–Trinajstić information content (AvgIpc) is 3.41. The quantitative estimate of drug-likeness (QED) is 0.341. The number of nitro benzene ring substituents is 1. The van der Waals surface area contributed by atoms with Crippen molar-refractivity contribution < 1.29 is 9.72 Å². The van der Waals surface area contributed by atoms with Gasteiger partial charge in [-0.2, -0.15) is 0 Å². The zero-order valence-electron chi connectivity index (χ0n) is 17.4. The SMILES string of the molecule is Cn1ccnc1C(=O)c1ccc(NCC2CCN(Cc3ccccc3)C2)c([N+](=O)[O-])c1. The smallest absolute Gasteiger partial charge is 0.293 e. The van der Waals surface area contributed by atoms with Crippen LogP contribution in [0.25, 0.3) is 0 Å². The van der Waals surface area contributed by atoms with Crippen LogP contribution in [0.1, 0.15) is 28.2 Å². The molecule has 0 saturated carbocycles. The van der Waals surface area contributed by atoms with Gasteiger partial charge in [0, 0.05) is 50.7 Å². The molecular weight excluding hydrogens is 394 g/mol.